The number of thiazole rings is 1. The molecule has 0 saturated heterocycles. The molecule has 1 aromatic heterocycles. The van der Waals surface area contributed by atoms with E-state index in [0.717, 1.165) is 34.2 Å². The average molecular weight is 427 g/mol. The SMILES string of the molecule is CCNC(=NCc1csc(-c2ccc(OC)cc2)n1)Nc1ccc(OC)c(OC)c1. The molecule has 0 aliphatic carbocycles. The second-order valence-corrected chi connectivity index (χ2v) is 7.12. The first-order valence-corrected chi connectivity index (χ1v) is 10.4. The Bertz CT molecular complexity index is 986. The highest BCUT2D eigenvalue weighted by atomic mass is 32.1. The van der Waals surface area contributed by atoms with Crippen molar-refractivity contribution in [3.05, 3.63) is 53.5 Å². The van der Waals surface area contributed by atoms with E-state index in [1.165, 1.54) is 0 Å². The van der Waals surface area contributed by atoms with Gasteiger partial charge in [-0.05, 0) is 43.3 Å². The standard InChI is InChI=1S/C22H26N4O3S/c1-5-23-22(26-16-8-11-19(28-3)20(12-16)29-4)24-13-17-14-30-21(25-17)15-6-9-18(27-2)10-7-15/h6-12,14H,5,13H2,1-4H3,(H2,23,24,26). The molecule has 158 valence electrons. The second-order valence-electron chi connectivity index (χ2n) is 6.26. The summed E-state index contributed by atoms with van der Waals surface area (Å²) < 4.78 is 15.9. The number of methoxy groups -OCH3 is 3. The van der Waals surface area contributed by atoms with Crippen LogP contribution in [0.1, 0.15) is 12.6 Å². The Labute approximate surface area is 180 Å². The van der Waals surface area contributed by atoms with E-state index >= 15 is 0 Å². The third kappa shape index (κ3) is 5.42. The van der Waals surface area contributed by atoms with Crippen molar-refractivity contribution < 1.29 is 14.2 Å². The maximum absolute atomic E-state index is 5.37. The second kappa shape index (κ2) is 10.5. The van der Waals surface area contributed by atoms with Gasteiger partial charge in [-0.15, -0.1) is 11.3 Å². The highest BCUT2D eigenvalue weighted by Gasteiger charge is 2.08. The molecule has 0 radical (unpaired) electrons. The molecule has 30 heavy (non-hydrogen) atoms. The van der Waals surface area contributed by atoms with Gasteiger partial charge in [-0.2, -0.15) is 0 Å². The molecule has 2 aromatic carbocycles. The first-order valence-electron chi connectivity index (χ1n) is 9.53. The molecule has 0 amide bonds. The molecular formula is C22H26N4O3S. The topological polar surface area (TPSA) is 77.0 Å². The van der Waals surface area contributed by atoms with Gasteiger partial charge in [-0.25, -0.2) is 9.98 Å². The highest BCUT2D eigenvalue weighted by molar-refractivity contribution is 7.13. The zero-order valence-corrected chi connectivity index (χ0v) is 18.4. The quantitative estimate of drug-likeness (QED) is 0.410. The lowest BCUT2D eigenvalue weighted by Gasteiger charge is -2.13. The van der Waals surface area contributed by atoms with Crippen molar-refractivity contribution in [2.75, 3.05) is 33.2 Å². The van der Waals surface area contributed by atoms with Crippen LogP contribution in [0.2, 0.25) is 0 Å². The number of hydrogen-bond donors (Lipinski definition) is 2. The summed E-state index contributed by atoms with van der Waals surface area (Å²) in [6, 6.07) is 13.5. The summed E-state index contributed by atoms with van der Waals surface area (Å²) in [5.74, 6) is 2.83. The van der Waals surface area contributed by atoms with Crippen molar-refractivity contribution in [1.82, 2.24) is 10.3 Å². The van der Waals surface area contributed by atoms with Crippen LogP contribution in [0, 0.1) is 0 Å². The lowest BCUT2D eigenvalue weighted by Crippen LogP contribution is -2.30. The van der Waals surface area contributed by atoms with Crippen LogP contribution in [0.4, 0.5) is 5.69 Å². The van der Waals surface area contributed by atoms with Crippen molar-refractivity contribution in [3.63, 3.8) is 0 Å². The molecule has 0 fully saturated rings. The van der Waals surface area contributed by atoms with Gasteiger partial charge in [-0.1, -0.05) is 0 Å². The summed E-state index contributed by atoms with van der Waals surface area (Å²) in [5.41, 5.74) is 2.83. The number of aromatic nitrogens is 1. The summed E-state index contributed by atoms with van der Waals surface area (Å²) >= 11 is 1.60. The maximum atomic E-state index is 5.37. The van der Waals surface area contributed by atoms with Gasteiger partial charge in [0.2, 0.25) is 0 Å². The van der Waals surface area contributed by atoms with Gasteiger partial charge in [0.1, 0.15) is 10.8 Å². The molecule has 1 heterocycles. The van der Waals surface area contributed by atoms with Crippen molar-refractivity contribution in [2.24, 2.45) is 4.99 Å². The number of hydrogen-bond acceptors (Lipinski definition) is 6. The number of nitrogens with one attached hydrogen (secondary N) is 2. The van der Waals surface area contributed by atoms with Crippen LogP contribution < -0.4 is 24.8 Å². The zero-order chi connectivity index (χ0) is 21.3. The van der Waals surface area contributed by atoms with Gasteiger partial charge < -0.3 is 24.8 Å². The lowest BCUT2D eigenvalue weighted by molar-refractivity contribution is 0.355. The Morgan fingerprint density at radius 1 is 1.00 bits per heavy atom. The molecular weight excluding hydrogens is 400 g/mol. The molecule has 0 atom stereocenters. The number of guanidine groups is 1. The van der Waals surface area contributed by atoms with Gasteiger partial charge in [0, 0.05) is 29.2 Å². The summed E-state index contributed by atoms with van der Waals surface area (Å²) in [5, 5.41) is 9.53. The van der Waals surface area contributed by atoms with Crippen molar-refractivity contribution >= 4 is 23.0 Å². The van der Waals surface area contributed by atoms with Gasteiger partial charge in [0.15, 0.2) is 17.5 Å². The third-order valence-electron chi connectivity index (χ3n) is 4.28. The number of benzene rings is 2. The largest absolute Gasteiger partial charge is 0.497 e. The lowest BCUT2D eigenvalue weighted by atomic mass is 10.2. The fourth-order valence-electron chi connectivity index (χ4n) is 2.76. The van der Waals surface area contributed by atoms with E-state index < -0.39 is 0 Å². The summed E-state index contributed by atoms with van der Waals surface area (Å²) in [6.45, 7) is 3.24. The Morgan fingerprint density at radius 3 is 2.43 bits per heavy atom. The normalized spacial score (nSPS) is 11.1. The van der Waals surface area contributed by atoms with Crippen molar-refractivity contribution in [3.8, 4) is 27.8 Å². The van der Waals surface area contributed by atoms with Crippen LogP contribution in [0.15, 0.2) is 52.8 Å². The van der Waals surface area contributed by atoms with Gasteiger partial charge in [0.25, 0.3) is 0 Å². The van der Waals surface area contributed by atoms with E-state index in [4.69, 9.17) is 19.2 Å². The summed E-state index contributed by atoms with van der Waals surface area (Å²) in [7, 11) is 4.89. The van der Waals surface area contributed by atoms with Crippen LogP contribution in [0.5, 0.6) is 17.2 Å². The van der Waals surface area contributed by atoms with Gasteiger partial charge in [-0.3, -0.25) is 0 Å². The predicted octanol–water partition coefficient (Wildman–Crippen LogP) is 4.41. The van der Waals surface area contributed by atoms with Crippen LogP contribution in [0.25, 0.3) is 10.6 Å². The van der Waals surface area contributed by atoms with E-state index in [0.29, 0.717) is 24.0 Å². The minimum absolute atomic E-state index is 0.468. The Hall–Kier alpha value is -3.26. The van der Waals surface area contributed by atoms with Crippen LogP contribution >= 0.6 is 11.3 Å². The predicted molar refractivity (Wildman–Crippen MR) is 122 cm³/mol. The number of rotatable bonds is 8. The fourth-order valence-corrected chi connectivity index (χ4v) is 3.58. The van der Waals surface area contributed by atoms with Gasteiger partial charge in [0.05, 0.1) is 33.6 Å². The van der Waals surface area contributed by atoms with Crippen molar-refractivity contribution in [1.29, 1.82) is 0 Å². The minimum Gasteiger partial charge on any atom is -0.497 e. The van der Waals surface area contributed by atoms with Crippen LogP contribution in [0.3, 0.4) is 0 Å². The number of aliphatic imine (C=N–C) groups is 1. The van der Waals surface area contributed by atoms with Crippen LogP contribution in [-0.4, -0.2) is 38.8 Å². The number of ether oxygens (including phenoxy) is 3. The summed E-state index contributed by atoms with van der Waals surface area (Å²) in [4.78, 5) is 9.36. The van der Waals surface area contributed by atoms with E-state index in [2.05, 4.69) is 15.6 Å². The molecule has 0 aliphatic heterocycles. The van der Waals surface area contributed by atoms with E-state index in [1.54, 1.807) is 32.7 Å². The average Bonchev–Trinajstić information content (AvgIpc) is 3.26. The minimum atomic E-state index is 0.468. The smallest absolute Gasteiger partial charge is 0.196 e. The first-order chi connectivity index (χ1) is 14.7. The summed E-state index contributed by atoms with van der Waals surface area (Å²) in [6.07, 6.45) is 0. The first kappa shape index (κ1) is 21.4. The molecule has 3 rings (SSSR count). The van der Waals surface area contributed by atoms with Crippen molar-refractivity contribution in [2.45, 2.75) is 13.5 Å². The zero-order valence-electron chi connectivity index (χ0n) is 17.6. The van der Waals surface area contributed by atoms with E-state index in [9.17, 15) is 0 Å². The number of nitrogens with zero attached hydrogens (tertiary/aromatic N) is 2. The third-order valence-corrected chi connectivity index (χ3v) is 5.22. The number of anilines is 1. The molecule has 2 N–H and O–H groups in total. The van der Waals surface area contributed by atoms with E-state index in [-0.39, 0.29) is 0 Å². The molecule has 0 unspecified atom stereocenters. The highest BCUT2D eigenvalue weighted by Crippen LogP contribution is 2.30. The van der Waals surface area contributed by atoms with Crippen LogP contribution in [-0.2, 0) is 6.54 Å². The molecule has 8 heteroatoms. The Kier molecular flexibility index (Phi) is 7.51. The molecule has 7 nitrogen and oxygen atoms in total. The molecule has 0 saturated carbocycles. The Balaban J connectivity index is 1.71. The van der Waals surface area contributed by atoms with E-state index in [1.807, 2.05) is 54.8 Å². The molecule has 0 aliphatic rings. The Morgan fingerprint density at radius 2 is 1.77 bits per heavy atom. The fraction of sp³-hybridized carbons (Fsp3) is 0.273. The van der Waals surface area contributed by atoms with Gasteiger partial charge >= 0.3 is 0 Å². The maximum Gasteiger partial charge on any atom is 0.196 e. The molecule has 3 aromatic rings. The monoisotopic (exact) mass is 426 g/mol. The molecule has 0 bridgehead atoms. The molecule has 0 spiro atoms.